The number of hydrogen-bond acceptors (Lipinski definition) is 3. The zero-order valence-electron chi connectivity index (χ0n) is 5.64. The molecule has 0 radical (unpaired) electrons. The smallest absolute Gasteiger partial charge is 0.152 e. The van der Waals surface area contributed by atoms with Crippen LogP contribution in [0.4, 0.5) is 0 Å². The van der Waals surface area contributed by atoms with Crippen molar-refractivity contribution in [1.82, 2.24) is 14.8 Å². The maximum atomic E-state index is 10.4. The van der Waals surface area contributed by atoms with Gasteiger partial charge in [0.05, 0.1) is 11.7 Å². The third-order valence-electron chi connectivity index (χ3n) is 1.50. The molecular formula is C7H5N3O. The van der Waals surface area contributed by atoms with Gasteiger partial charge < -0.3 is 0 Å². The molecule has 0 aliphatic rings. The summed E-state index contributed by atoms with van der Waals surface area (Å²) < 4.78 is 1.56. The van der Waals surface area contributed by atoms with E-state index >= 15 is 0 Å². The fourth-order valence-electron chi connectivity index (χ4n) is 0.974. The quantitative estimate of drug-likeness (QED) is 0.553. The molecule has 54 valence electrons. The average molecular weight is 147 g/mol. The second-order valence-electron chi connectivity index (χ2n) is 2.15. The van der Waals surface area contributed by atoms with Crippen LogP contribution in [-0.4, -0.2) is 21.1 Å². The molecule has 2 rings (SSSR count). The number of nitrogens with zero attached hydrogens (tertiary/aromatic N) is 3. The van der Waals surface area contributed by atoms with E-state index < -0.39 is 0 Å². The molecule has 0 aromatic carbocycles. The third-order valence-corrected chi connectivity index (χ3v) is 1.50. The number of hydrogen-bond donors (Lipinski definition) is 0. The number of aromatic nitrogens is 3. The second-order valence-corrected chi connectivity index (χ2v) is 2.15. The van der Waals surface area contributed by atoms with Gasteiger partial charge in [0, 0.05) is 11.8 Å². The summed E-state index contributed by atoms with van der Waals surface area (Å²) in [5.41, 5.74) is 1.35. The molecule has 11 heavy (non-hydrogen) atoms. The van der Waals surface area contributed by atoms with Gasteiger partial charge in [-0.05, 0) is 12.1 Å². The SMILES string of the molecule is O=Cc1cccn2nncc12. The number of fused-ring (bicyclic) bond motifs is 1. The van der Waals surface area contributed by atoms with Crippen molar-refractivity contribution < 1.29 is 4.79 Å². The van der Waals surface area contributed by atoms with E-state index in [9.17, 15) is 4.79 Å². The van der Waals surface area contributed by atoms with E-state index in [1.165, 1.54) is 0 Å². The van der Waals surface area contributed by atoms with E-state index in [-0.39, 0.29) is 0 Å². The Morgan fingerprint density at radius 1 is 1.55 bits per heavy atom. The van der Waals surface area contributed by atoms with Crippen molar-refractivity contribution in [2.24, 2.45) is 0 Å². The van der Waals surface area contributed by atoms with Crippen LogP contribution in [0.1, 0.15) is 10.4 Å². The van der Waals surface area contributed by atoms with Crippen LogP contribution in [0.2, 0.25) is 0 Å². The summed E-state index contributed by atoms with van der Waals surface area (Å²) in [6.45, 7) is 0. The standard InChI is InChI=1S/C7H5N3O/c11-5-6-2-1-3-10-7(6)4-8-9-10/h1-5H. The van der Waals surface area contributed by atoms with Gasteiger partial charge in [-0.15, -0.1) is 5.10 Å². The molecule has 2 aromatic heterocycles. The molecular weight excluding hydrogens is 142 g/mol. The average Bonchev–Trinajstić information content (AvgIpc) is 2.50. The van der Waals surface area contributed by atoms with Crippen LogP contribution in [-0.2, 0) is 0 Å². The van der Waals surface area contributed by atoms with Gasteiger partial charge in [0.25, 0.3) is 0 Å². The normalized spacial score (nSPS) is 10.2. The number of aldehydes is 1. The Morgan fingerprint density at radius 2 is 2.45 bits per heavy atom. The van der Waals surface area contributed by atoms with Crippen molar-refractivity contribution in [2.75, 3.05) is 0 Å². The molecule has 0 aliphatic carbocycles. The van der Waals surface area contributed by atoms with E-state index in [1.807, 2.05) is 0 Å². The third kappa shape index (κ3) is 0.797. The molecule has 4 heteroatoms. The van der Waals surface area contributed by atoms with Gasteiger partial charge >= 0.3 is 0 Å². The van der Waals surface area contributed by atoms with Crippen molar-refractivity contribution in [3.63, 3.8) is 0 Å². The van der Waals surface area contributed by atoms with E-state index in [1.54, 1.807) is 29.0 Å². The van der Waals surface area contributed by atoms with E-state index in [4.69, 9.17) is 0 Å². The van der Waals surface area contributed by atoms with Gasteiger partial charge in [-0.2, -0.15) is 0 Å². The van der Waals surface area contributed by atoms with Crippen LogP contribution in [0, 0.1) is 0 Å². The Hall–Kier alpha value is -1.71. The second kappa shape index (κ2) is 2.16. The Labute approximate surface area is 62.5 Å². The van der Waals surface area contributed by atoms with Crippen LogP contribution in [0.25, 0.3) is 5.52 Å². The van der Waals surface area contributed by atoms with Crippen molar-refractivity contribution in [1.29, 1.82) is 0 Å². The Bertz CT molecular complexity index is 393. The highest BCUT2D eigenvalue weighted by atomic mass is 16.1. The van der Waals surface area contributed by atoms with Crippen LogP contribution in [0.5, 0.6) is 0 Å². The lowest BCUT2D eigenvalue weighted by molar-refractivity contribution is 0.112. The zero-order valence-corrected chi connectivity index (χ0v) is 5.64. The number of pyridine rings is 1. The first kappa shape index (κ1) is 6.03. The van der Waals surface area contributed by atoms with Gasteiger partial charge in [0.1, 0.15) is 0 Å². The lowest BCUT2D eigenvalue weighted by Gasteiger charge is -1.91. The maximum Gasteiger partial charge on any atom is 0.152 e. The molecule has 0 aliphatic heterocycles. The fourth-order valence-corrected chi connectivity index (χ4v) is 0.974. The van der Waals surface area contributed by atoms with E-state index in [0.717, 1.165) is 11.8 Å². The molecule has 4 nitrogen and oxygen atoms in total. The van der Waals surface area contributed by atoms with Gasteiger partial charge in [-0.3, -0.25) is 4.79 Å². The monoisotopic (exact) mass is 147 g/mol. The lowest BCUT2D eigenvalue weighted by Crippen LogP contribution is -1.89. The summed E-state index contributed by atoms with van der Waals surface area (Å²) >= 11 is 0. The summed E-state index contributed by atoms with van der Waals surface area (Å²) in [4.78, 5) is 10.4. The van der Waals surface area contributed by atoms with Crippen LogP contribution in [0.15, 0.2) is 24.5 Å². The van der Waals surface area contributed by atoms with Gasteiger partial charge in [-0.25, -0.2) is 4.52 Å². The molecule has 2 aromatic rings. The highest BCUT2D eigenvalue weighted by Crippen LogP contribution is 2.04. The predicted octanol–water partition coefficient (Wildman–Crippen LogP) is 0.542. The van der Waals surface area contributed by atoms with Gasteiger partial charge in [-0.1, -0.05) is 5.21 Å². The van der Waals surface area contributed by atoms with Gasteiger partial charge in [0.15, 0.2) is 6.29 Å². The highest BCUT2D eigenvalue weighted by Gasteiger charge is 1.98. The molecule has 0 saturated heterocycles. The molecule has 0 fully saturated rings. The maximum absolute atomic E-state index is 10.4. The summed E-state index contributed by atoms with van der Waals surface area (Å²) in [6, 6.07) is 3.48. The number of rotatable bonds is 1. The van der Waals surface area contributed by atoms with Crippen LogP contribution >= 0.6 is 0 Å². The highest BCUT2D eigenvalue weighted by molar-refractivity contribution is 5.85. The zero-order chi connectivity index (χ0) is 7.68. The van der Waals surface area contributed by atoms with E-state index in [0.29, 0.717) is 5.56 Å². The van der Waals surface area contributed by atoms with Crippen LogP contribution < -0.4 is 0 Å². The van der Waals surface area contributed by atoms with E-state index in [2.05, 4.69) is 10.3 Å². The largest absolute Gasteiger partial charge is 0.298 e. The predicted molar refractivity (Wildman–Crippen MR) is 38.4 cm³/mol. The van der Waals surface area contributed by atoms with Crippen LogP contribution in [0.3, 0.4) is 0 Å². The molecule has 2 heterocycles. The first-order valence-electron chi connectivity index (χ1n) is 3.16. The topological polar surface area (TPSA) is 47.3 Å². The Morgan fingerprint density at radius 3 is 3.27 bits per heavy atom. The minimum absolute atomic E-state index is 0.609. The van der Waals surface area contributed by atoms with Crippen molar-refractivity contribution in [3.8, 4) is 0 Å². The fraction of sp³-hybridized carbons (Fsp3) is 0. The summed E-state index contributed by atoms with van der Waals surface area (Å²) in [5.74, 6) is 0. The first-order chi connectivity index (χ1) is 5.42. The Balaban J connectivity index is 2.88. The summed E-state index contributed by atoms with van der Waals surface area (Å²) in [6.07, 6.45) is 4.10. The minimum Gasteiger partial charge on any atom is -0.298 e. The number of carbonyl (C=O) groups excluding carboxylic acids is 1. The van der Waals surface area contributed by atoms with Crippen molar-refractivity contribution in [3.05, 3.63) is 30.1 Å². The number of carbonyl (C=O) groups is 1. The molecule has 0 atom stereocenters. The van der Waals surface area contributed by atoms with Gasteiger partial charge in [0.2, 0.25) is 0 Å². The van der Waals surface area contributed by atoms with Crippen molar-refractivity contribution >= 4 is 11.8 Å². The molecule has 0 spiro atoms. The minimum atomic E-state index is 0.609. The Kier molecular flexibility index (Phi) is 1.18. The summed E-state index contributed by atoms with van der Waals surface area (Å²) in [7, 11) is 0. The first-order valence-corrected chi connectivity index (χ1v) is 3.16. The molecule has 0 amide bonds. The lowest BCUT2D eigenvalue weighted by atomic mass is 10.2. The molecule has 0 N–H and O–H groups in total. The molecule has 0 saturated carbocycles. The molecule has 0 bridgehead atoms. The molecule has 0 unspecified atom stereocenters. The summed E-state index contributed by atoms with van der Waals surface area (Å²) in [5, 5.41) is 7.40. The van der Waals surface area contributed by atoms with Crippen molar-refractivity contribution in [2.45, 2.75) is 0 Å².